The van der Waals surface area contributed by atoms with Crippen LogP contribution in [-0.2, 0) is 0 Å². The highest BCUT2D eigenvalue weighted by atomic mass is 16.3. The van der Waals surface area contributed by atoms with Gasteiger partial charge in [0.05, 0.1) is 5.60 Å². The lowest BCUT2D eigenvalue weighted by Crippen LogP contribution is -2.51. The van der Waals surface area contributed by atoms with Crippen molar-refractivity contribution in [2.75, 3.05) is 24.5 Å². The largest absolute Gasteiger partial charge is 0.388 e. The van der Waals surface area contributed by atoms with E-state index in [0.29, 0.717) is 6.54 Å². The summed E-state index contributed by atoms with van der Waals surface area (Å²) in [5.74, 6) is 1.01. The molecule has 0 atom stereocenters. The van der Waals surface area contributed by atoms with Gasteiger partial charge in [-0.2, -0.15) is 0 Å². The van der Waals surface area contributed by atoms with Gasteiger partial charge in [0.1, 0.15) is 5.82 Å². The summed E-state index contributed by atoms with van der Waals surface area (Å²) in [4.78, 5) is 18.9. The highest BCUT2D eigenvalue weighted by Crippen LogP contribution is 2.27. The van der Waals surface area contributed by atoms with E-state index in [1.54, 1.807) is 0 Å². The number of aryl methyl sites for hydroxylation is 1. The van der Waals surface area contributed by atoms with E-state index in [4.69, 9.17) is 0 Å². The van der Waals surface area contributed by atoms with Crippen LogP contribution in [0.2, 0.25) is 0 Å². The molecule has 1 aromatic heterocycles. The van der Waals surface area contributed by atoms with Crippen molar-refractivity contribution in [3.63, 3.8) is 0 Å². The summed E-state index contributed by atoms with van der Waals surface area (Å²) >= 11 is 0. The van der Waals surface area contributed by atoms with E-state index >= 15 is 0 Å². The van der Waals surface area contributed by atoms with E-state index in [1.807, 2.05) is 13.1 Å². The number of urea groups is 1. The van der Waals surface area contributed by atoms with Gasteiger partial charge >= 0.3 is 6.03 Å². The van der Waals surface area contributed by atoms with Crippen LogP contribution in [0.4, 0.5) is 10.6 Å². The quantitative estimate of drug-likeness (QED) is 0.782. The number of carbonyl (C=O) groups excluding carboxylic acids is 1. The molecule has 2 heterocycles. The van der Waals surface area contributed by atoms with Crippen molar-refractivity contribution >= 4 is 11.8 Å². The molecular formula is C19H30N4O2. The first-order chi connectivity index (χ1) is 12.0. The Hall–Kier alpha value is -1.82. The van der Waals surface area contributed by atoms with Crippen LogP contribution in [0.3, 0.4) is 0 Å². The number of pyridine rings is 1. The average molecular weight is 346 g/mol. The molecular weight excluding hydrogens is 316 g/mol. The Morgan fingerprint density at radius 2 is 2.00 bits per heavy atom. The van der Waals surface area contributed by atoms with Crippen molar-refractivity contribution in [2.45, 2.75) is 63.5 Å². The van der Waals surface area contributed by atoms with Gasteiger partial charge in [-0.15, -0.1) is 0 Å². The minimum absolute atomic E-state index is 0.161. The monoisotopic (exact) mass is 346 g/mol. The number of carbonyl (C=O) groups is 1. The second kappa shape index (κ2) is 8.04. The minimum Gasteiger partial charge on any atom is -0.388 e. The number of rotatable bonds is 4. The van der Waals surface area contributed by atoms with E-state index < -0.39 is 5.60 Å². The molecule has 138 valence electrons. The summed E-state index contributed by atoms with van der Waals surface area (Å²) < 4.78 is 0. The SMILES string of the molecule is Cc1ccc(N2CCC(NC(=O)NCC3(O)CCCCC3)CC2)nc1. The summed E-state index contributed by atoms with van der Waals surface area (Å²) in [7, 11) is 0. The molecule has 3 N–H and O–H groups in total. The molecule has 0 bridgehead atoms. The number of amides is 2. The fourth-order valence-electron chi connectivity index (χ4n) is 3.77. The van der Waals surface area contributed by atoms with Gasteiger partial charge in [-0.25, -0.2) is 9.78 Å². The number of hydrogen-bond donors (Lipinski definition) is 3. The Morgan fingerprint density at radius 1 is 1.28 bits per heavy atom. The lowest BCUT2D eigenvalue weighted by molar-refractivity contribution is 0.00710. The molecule has 1 saturated heterocycles. The Bertz CT molecular complexity index is 561. The van der Waals surface area contributed by atoms with Gasteiger partial charge in [-0.3, -0.25) is 0 Å². The Morgan fingerprint density at radius 3 is 2.64 bits per heavy atom. The zero-order valence-corrected chi connectivity index (χ0v) is 15.1. The summed E-state index contributed by atoms with van der Waals surface area (Å²) in [6, 6.07) is 4.16. The second-order valence-electron chi connectivity index (χ2n) is 7.57. The third-order valence-electron chi connectivity index (χ3n) is 5.41. The van der Waals surface area contributed by atoms with Crippen molar-refractivity contribution in [1.29, 1.82) is 0 Å². The molecule has 0 radical (unpaired) electrons. The lowest BCUT2D eigenvalue weighted by Gasteiger charge is -2.34. The number of nitrogens with zero attached hydrogens (tertiary/aromatic N) is 2. The zero-order chi connectivity index (χ0) is 17.7. The first-order valence-corrected chi connectivity index (χ1v) is 9.48. The van der Waals surface area contributed by atoms with E-state index in [0.717, 1.165) is 63.0 Å². The van der Waals surface area contributed by atoms with Gasteiger partial charge in [0.2, 0.25) is 0 Å². The zero-order valence-electron chi connectivity index (χ0n) is 15.1. The molecule has 0 spiro atoms. The first-order valence-electron chi connectivity index (χ1n) is 9.48. The van der Waals surface area contributed by atoms with Crippen LogP contribution in [-0.4, -0.2) is 47.4 Å². The van der Waals surface area contributed by atoms with Crippen molar-refractivity contribution in [3.05, 3.63) is 23.9 Å². The fourth-order valence-corrected chi connectivity index (χ4v) is 3.77. The first kappa shape index (κ1) is 18.0. The molecule has 6 heteroatoms. The predicted molar refractivity (Wildman–Crippen MR) is 98.8 cm³/mol. The molecule has 1 aliphatic heterocycles. The third kappa shape index (κ3) is 5.08. The summed E-state index contributed by atoms with van der Waals surface area (Å²) in [6.07, 6.45) is 8.56. The molecule has 25 heavy (non-hydrogen) atoms. The van der Waals surface area contributed by atoms with Gasteiger partial charge in [0.15, 0.2) is 0 Å². The van der Waals surface area contributed by atoms with Crippen LogP contribution < -0.4 is 15.5 Å². The standard InChI is InChI=1S/C19H30N4O2/c1-15-5-6-17(20-13-15)23-11-7-16(8-12-23)22-18(24)21-14-19(25)9-3-2-4-10-19/h5-6,13,16,25H,2-4,7-12,14H2,1H3,(H2,21,22,24). The van der Waals surface area contributed by atoms with Gasteiger partial charge in [0, 0.05) is 31.9 Å². The molecule has 3 rings (SSSR count). The highest BCUT2D eigenvalue weighted by molar-refractivity contribution is 5.74. The summed E-state index contributed by atoms with van der Waals surface area (Å²) in [6.45, 7) is 4.18. The predicted octanol–water partition coefficient (Wildman–Crippen LogP) is 2.35. The Balaban J connectivity index is 1.39. The highest BCUT2D eigenvalue weighted by Gasteiger charge is 2.30. The van der Waals surface area contributed by atoms with E-state index in [2.05, 4.69) is 32.7 Å². The maximum absolute atomic E-state index is 12.1. The maximum atomic E-state index is 12.1. The molecule has 2 aliphatic rings. The van der Waals surface area contributed by atoms with Crippen molar-refractivity contribution in [2.24, 2.45) is 0 Å². The lowest BCUT2D eigenvalue weighted by atomic mass is 9.85. The molecule has 0 aromatic carbocycles. The fraction of sp³-hybridized carbons (Fsp3) is 0.684. The molecule has 2 amide bonds. The summed E-state index contributed by atoms with van der Waals surface area (Å²) in [5.41, 5.74) is 0.451. The maximum Gasteiger partial charge on any atom is 0.315 e. The van der Waals surface area contributed by atoms with E-state index in [-0.39, 0.29) is 12.1 Å². The minimum atomic E-state index is -0.712. The van der Waals surface area contributed by atoms with Crippen LogP contribution >= 0.6 is 0 Å². The smallest absolute Gasteiger partial charge is 0.315 e. The van der Waals surface area contributed by atoms with Gasteiger partial charge < -0.3 is 20.6 Å². The number of piperidine rings is 1. The molecule has 1 saturated carbocycles. The molecule has 2 fully saturated rings. The average Bonchev–Trinajstić information content (AvgIpc) is 2.62. The number of anilines is 1. The Labute approximate surface area is 150 Å². The molecule has 1 aromatic rings. The normalized spacial score (nSPS) is 21.0. The van der Waals surface area contributed by atoms with Gasteiger partial charge in [0.25, 0.3) is 0 Å². The number of aromatic nitrogens is 1. The van der Waals surface area contributed by atoms with Crippen molar-refractivity contribution in [1.82, 2.24) is 15.6 Å². The van der Waals surface area contributed by atoms with Crippen molar-refractivity contribution < 1.29 is 9.90 Å². The Kier molecular flexibility index (Phi) is 5.78. The van der Waals surface area contributed by atoms with Crippen molar-refractivity contribution in [3.8, 4) is 0 Å². The second-order valence-corrected chi connectivity index (χ2v) is 7.57. The summed E-state index contributed by atoms with van der Waals surface area (Å²) in [5, 5.41) is 16.4. The molecule has 6 nitrogen and oxygen atoms in total. The van der Waals surface area contributed by atoms with Gasteiger partial charge in [-0.05, 0) is 44.2 Å². The van der Waals surface area contributed by atoms with Crippen LogP contribution in [0.25, 0.3) is 0 Å². The van der Waals surface area contributed by atoms with Crippen LogP contribution in [0.5, 0.6) is 0 Å². The number of nitrogens with one attached hydrogen (secondary N) is 2. The third-order valence-corrected chi connectivity index (χ3v) is 5.41. The molecule has 1 aliphatic carbocycles. The topological polar surface area (TPSA) is 77.5 Å². The van der Waals surface area contributed by atoms with E-state index in [9.17, 15) is 9.90 Å². The van der Waals surface area contributed by atoms with Crippen LogP contribution in [0, 0.1) is 6.92 Å². The van der Waals surface area contributed by atoms with Gasteiger partial charge in [-0.1, -0.05) is 25.3 Å². The van der Waals surface area contributed by atoms with Crippen LogP contribution in [0.1, 0.15) is 50.5 Å². The molecule has 0 unspecified atom stereocenters. The van der Waals surface area contributed by atoms with E-state index in [1.165, 1.54) is 6.42 Å². The number of hydrogen-bond acceptors (Lipinski definition) is 4. The van der Waals surface area contributed by atoms with Crippen LogP contribution in [0.15, 0.2) is 18.3 Å². The number of aliphatic hydroxyl groups is 1.